The number of benzene rings is 3. The van der Waals surface area contributed by atoms with E-state index in [9.17, 15) is 4.79 Å². The van der Waals surface area contributed by atoms with Crippen LogP contribution in [0.4, 0.5) is 5.69 Å². The maximum absolute atomic E-state index is 12.6. The number of carbonyl (C=O) groups excluding carboxylic acids is 1. The fraction of sp³-hybridized carbons (Fsp3) is 0.120. The van der Waals surface area contributed by atoms with Crippen LogP contribution in [0.2, 0.25) is 0 Å². The van der Waals surface area contributed by atoms with E-state index in [2.05, 4.69) is 22.3 Å². The average molecular weight is 413 g/mol. The maximum Gasteiger partial charge on any atom is 0.264 e. The van der Waals surface area contributed by atoms with Gasteiger partial charge in [0.25, 0.3) is 5.91 Å². The van der Waals surface area contributed by atoms with E-state index in [1.54, 1.807) is 0 Å². The zero-order valence-electron chi connectivity index (χ0n) is 16.7. The number of ether oxygens (including phenoxy) is 1. The van der Waals surface area contributed by atoms with Crippen molar-refractivity contribution in [2.45, 2.75) is 13.8 Å². The Morgan fingerprint density at radius 3 is 2.67 bits per heavy atom. The summed E-state index contributed by atoms with van der Waals surface area (Å²) in [6.45, 7) is 4.22. The van der Waals surface area contributed by atoms with Crippen molar-refractivity contribution in [2.75, 3.05) is 6.61 Å². The third-order valence-corrected chi connectivity index (χ3v) is 5.51. The molecule has 148 valence electrons. The number of nitrogens with zero attached hydrogens (tertiary/aromatic N) is 1. The highest BCUT2D eigenvalue weighted by Gasteiger charge is 2.25. The second-order valence-electron chi connectivity index (χ2n) is 7.02. The summed E-state index contributed by atoms with van der Waals surface area (Å²) in [6.07, 6.45) is 7.21. The van der Waals surface area contributed by atoms with E-state index in [0.717, 1.165) is 33.2 Å². The third-order valence-electron chi connectivity index (χ3n) is 4.61. The Balaban J connectivity index is 1.73. The second-order valence-corrected chi connectivity index (χ2v) is 8.05. The molecule has 4 nitrogen and oxygen atoms in total. The minimum atomic E-state index is -0.182. The van der Waals surface area contributed by atoms with Gasteiger partial charge in [-0.25, -0.2) is 4.99 Å². The molecule has 0 aromatic heterocycles. The largest absolute Gasteiger partial charge is 0.480 e. The minimum absolute atomic E-state index is 0.160. The molecule has 1 fully saturated rings. The van der Waals surface area contributed by atoms with Crippen molar-refractivity contribution in [1.29, 1.82) is 0 Å². The number of aryl methyl sites for hydroxylation is 2. The summed E-state index contributed by atoms with van der Waals surface area (Å²) in [5, 5.41) is 5.47. The monoisotopic (exact) mass is 412 g/mol. The summed E-state index contributed by atoms with van der Waals surface area (Å²) in [5.74, 6) is 2.95. The predicted molar refractivity (Wildman–Crippen MR) is 125 cm³/mol. The Labute approximate surface area is 180 Å². The van der Waals surface area contributed by atoms with Crippen LogP contribution in [0.15, 0.2) is 64.5 Å². The van der Waals surface area contributed by atoms with Crippen LogP contribution in [0.25, 0.3) is 16.8 Å². The standard InChI is InChI=1S/C25H20N2O2S/c1-4-11-29-22-10-9-18-7-5-6-8-20(18)21(22)15-23-24(28)27-25(30-23)26-19-13-16(2)12-17(3)14-19/h1,5-10,12-15H,11H2,2-3H3,(H,26,27,28)/b23-15-. The second kappa shape index (κ2) is 8.48. The topological polar surface area (TPSA) is 50.7 Å². The number of carbonyl (C=O) groups is 1. The average Bonchev–Trinajstić information content (AvgIpc) is 3.05. The molecule has 0 radical (unpaired) electrons. The van der Waals surface area contributed by atoms with Crippen LogP contribution in [-0.4, -0.2) is 17.7 Å². The first-order valence-corrected chi connectivity index (χ1v) is 10.3. The zero-order chi connectivity index (χ0) is 21.1. The van der Waals surface area contributed by atoms with E-state index >= 15 is 0 Å². The number of nitrogens with one attached hydrogen (secondary N) is 1. The fourth-order valence-corrected chi connectivity index (χ4v) is 4.24. The molecule has 3 aromatic rings. The number of hydrogen-bond donors (Lipinski definition) is 1. The van der Waals surface area contributed by atoms with Crippen molar-refractivity contribution in [2.24, 2.45) is 4.99 Å². The van der Waals surface area contributed by atoms with Gasteiger partial charge < -0.3 is 10.1 Å². The lowest BCUT2D eigenvalue weighted by Crippen LogP contribution is -2.19. The Morgan fingerprint density at radius 1 is 1.13 bits per heavy atom. The Morgan fingerprint density at radius 2 is 1.90 bits per heavy atom. The number of amides is 1. The van der Waals surface area contributed by atoms with Crippen molar-refractivity contribution in [1.82, 2.24) is 5.32 Å². The molecule has 0 atom stereocenters. The van der Waals surface area contributed by atoms with Gasteiger partial charge in [-0.15, -0.1) is 6.42 Å². The van der Waals surface area contributed by atoms with Gasteiger partial charge in [0.1, 0.15) is 12.4 Å². The number of amidine groups is 1. The first-order valence-electron chi connectivity index (χ1n) is 9.49. The summed E-state index contributed by atoms with van der Waals surface area (Å²) >= 11 is 1.32. The van der Waals surface area contributed by atoms with Crippen LogP contribution >= 0.6 is 11.8 Å². The van der Waals surface area contributed by atoms with Crippen molar-refractivity contribution < 1.29 is 9.53 Å². The summed E-state index contributed by atoms with van der Waals surface area (Å²) < 4.78 is 5.74. The minimum Gasteiger partial charge on any atom is -0.480 e. The van der Waals surface area contributed by atoms with Gasteiger partial charge >= 0.3 is 0 Å². The number of terminal acetylenes is 1. The zero-order valence-corrected chi connectivity index (χ0v) is 17.5. The number of fused-ring (bicyclic) bond motifs is 1. The molecule has 0 aliphatic carbocycles. The van der Waals surface area contributed by atoms with Crippen molar-refractivity contribution >= 4 is 45.4 Å². The van der Waals surface area contributed by atoms with Gasteiger partial charge in [0, 0.05) is 5.56 Å². The molecule has 0 bridgehead atoms. The lowest BCUT2D eigenvalue weighted by atomic mass is 10.0. The first-order chi connectivity index (χ1) is 14.5. The Bertz CT molecular complexity index is 1230. The summed E-state index contributed by atoms with van der Waals surface area (Å²) in [6, 6.07) is 17.9. The van der Waals surface area contributed by atoms with Crippen LogP contribution in [0.5, 0.6) is 5.75 Å². The van der Waals surface area contributed by atoms with Crippen molar-refractivity contribution in [3.63, 3.8) is 0 Å². The molecule has 0 spiro atoms. The number of thioether (sulfide) groups is 1. The van der Waals surface area contributed by atoms with Crippen LogP contribution in [0.3, 0.4) is 0 Å². The van der Waals surface area contributed by atoms with Gasteiger partial charge in [0.05, 0.1) is 10.6 Å². The molecule has 1 aliphatic heterocycles. The molecular formula is C25H20N2O2S. The molecule has 1 amide bonds. The highest BCUT2D eigenvalue weighted by atomic mass is 32.2. The van der Waals surface area contributed by atoms with Crippen LogP contribution < -0.4 is 10.1 Å². The Hall–Kier alpha value is -3.49. The summed E-state index contributed by atoms with van der Waals surface area (Å²) in [4.78, 5) is 17.8. The number of aliphatic imine (C=N–C) groups is 1. The molecule has 5 heteroatoms. The first kappa shape index (κ1) is 19.8. The molecule has 3 aromatic carbocycles. The molecule has 0 saturated carbocycles. The molecule has 30 heavy (non-hydrogen) atoms. The predicted octanol–water partition coefficient (Wildman–Crippen LogP) is 5.36. The SMILES string of the molecule is C#CCOc1ccc2ccccc2c1/C=C1\SC(=Nc2cc(C)cc(C)c2)NC1=O. The van der Waals surface area contributed by atoms with Gasteiger partial charge in [-0.2, -0.15) is 0 Å². The van der Waals surface area contributed by atoms with Gasteiger partial charge in [0.15, 0.2) is 5.17 Å². The summed E-state index contributed by atoms with van der Waals surface area (Å²) in [5.41, 5.74) is 3.91. The van der Waals surface area contributed by atoms with Crippen LogP contribution in [0.1, 0.15) is 16.7 Å². The van der Waals surface area contributed by atoms with Gasteiger partial charge in [-0.05, 0) is 71.8 Å². The van der Waals surface area contributed by atoms with E-state index < -0.39 is 0 Å². The molecule has 1 saturated heterocycles. The molecule has 1 N–H and O–H groups in total. The van der Waals surface area contributed by atoms with Gasteiger partial charge in [-0.3, -0.25) is 4.79 Å². The highest BCUT2D eigenvalue weighted by molar-refractivity contribution is 8.18. The molecule has 0 unspecified atom stereocenters. The van der Waals surface area contributed by atoms with Crippen molar-refractivity contribution in [3.05, 3.63) is 76.2 Å². The normalized spacial score (nSPS) is 16.1. The molecule has 4 rings (SSSR count). The van der Waals surface area contributed by atoms with E-state index in [0.29, 0.717) is 15.8 Å². The molecule has 1 aliphatic rings. The smallest absolute Gasteiger partial charge is 0.264 e. The fourth-order valence-electron chi connectivity index (χ4n) is 3.41. The lowest BCUT2D eigenvalue weighted by molar-refractivity contribution is -0.115. The highest BCUT2D eigenvalue weighted by Crippen LogP contribution is 2.34. The molecule has 1 heterocycles. The van der Waals surface area contributed by atoms with E-state index in [-0.39, 0.29) is 12.5 Å². The van der Waals surface area contributed by atoms with E-state index in [4.69, 9.17) is 11.2 Å². The Kier molecular flexibility index (Phi) is 5.60. The van der Waals surface area contributed by atoms with Gasteiger partial charge in [0.2, 0.25) is 0 Å². The number of hydrogen-bond acceptors (Lipinski definition) is 4. The van der Waals surface area contributed by atoms with E-state index in [1.807, 2.05) is 68.5 Å². The van der Waals surface area contributed by atoms with Crippen molar-refractivity contribution in [3.8, 4) is 18.1 Å². The van der Waals surface area contributed by atoms with E-state index in [1.165, 1.54) is 11.8 Å². The molecular weight excluding hydrogens is 392 g/mol. The summed E-state index contributed by atoms with van der Waals surface area (Å²) in [7, 11) is 0. The lowest BCUT2D eigenvalue weighted by Gasteiger charge is -2.10. The maximum atomic E-state index is 12.6. The van der Waals surface area contributed by atoms with Gasteiger partial charge in [-0.1, -0.05) is 42.3 Å². The third kappa shape index (κ3) is 4.24. The van der Waals surface area contributed by atoms with Crippen LogP contribution in [0, 0.1) is 26.2 Å². The number of rotatable bonds is 4. The quantitative estimate of drug-likeness (QED) is 0.464. The van der Waals surface area contributed by atoms with Crippen LogP contribution in [-0.2, 0) is 4.79 Å².